The lowest BCUT2D eigenvalue weighted by atomic mass is 10.1. The highest BCUT2D eigenvalue weighted by atomic mass is 16.5. The maximum absolute atomic E-state index is 12.3. The summed E-state index contributed by atoms with van der Waals surface area (Å²) in [6, 6.07) is 22.0. The normalized spacial score (nSPS) is 11.0. The first-order valence-corrected chi connectivity index (χ1v) is 7.77. The second-order valence-electron chi connectivity index (χ2n) is 5.21. The van der Waals surface area contributed by atoms with Gasteiger partial charge in [-0.15, -0.1) is 0 Å². The third-order valence-electron chi connectivity index (χ3n) is 3.58. The molecule has 0 unspecified atom stereocenters. The zero-order chi connectivity index (χ0) is 17.5. The van der Waals surface area contributed by atoms with Crippen molar-refractivity contribution in [2.24, 2.45) is 5.10 Å². The van der Waals surface area contributed by atoms with Crippen LogP contribution in [0.25, 0.3) is 0 Å². The van der Waals surface area contributed by atoms with Crippen molar-refractivity contribution in [2.75, 3.05) is 7.11 Å². The van der Waals surface area contributed by atoms with Crippen molar-refractivity contribution in [3.8, 4) is 5.75 Å². The third-order valence-corrected chi connectivity index (χ3v) is 3.58. The number of pyridine rings is 1. The lowest BCUT2D eigenvalue weighted by Gasteiger charge is -2.07. The Morgan fingerprint density at radius 3 is 2.28 bits per heavy atom. The van der Waals surface area contributed by atoms with Gasteiger partial charge in [0, 0.05) is 17.3 Å². The van der Waals surface area contributed by atoms with Crippen LogP contribution in [0.1, 0.15) is 21.6 Å². The fourth-order valence-corrected chi connectivity index (χ4v) is 2.28. The zero-order valence-corrected chi connectivity index (χ0v) is 13.7. The first-order valence-electron chi connectivity index (χ1n) is 7.77. The number of ether oxygens (including phenoxy) is 1. The summed E-state index contributed by atoms with van der Waals surface area (Å²) in [4.78, 5) is 16.7. The van der Waals surface area contributed by atoms with E-state index in [0.717, 1.165) is 5.56 Å². The summed E-state index contributed by atoms with van der Waals surface area (Å²) in [5, 5.41) is 4.31. The molecule has 5 nitrogen and oxygen atoms in total. The highest BCUT2D eigenvalue weighted by Gasteiger charge is 2.10. The quantitative estimate of drug-likeness (QED) is 0.576. The van der Waals surface area contributed by atoms with E-state index in [4.69, 9.17) is 4.74 Å². The summed E-state index contributed by atoms with van der Waals surface area (Å²) in [6.07, 6.45) is 1.69. The lowest BCUT2D eigenvalue weighted by molar-refractivity contribution is 0.0955. The Balaban J connectivity index is 1.87. The van der Waals surface area contributed by atoms with E-state index in [1.807, 2.05) is 48.5 Å². The predicted octanol–water partition coefficient (Wildman–Crippen LogP) is 3.27. The van der Waals surface area contributed by atoms with Crippen LogP contribution in [0.5, 0.6) is 5.75 Å². The number of hydrazone groups is 1. The van der Waals surface area contributed by atoms with Gasteiger partial charge in [0.1, 0.15) is 11.5 Å². The minimum atomic E-state index is -0.299. The first kappa shape index (κ1) is 16.4. The summed E-state index contributed by atoms with van der Waals surface area (Å²) in [5.74, 6) is 0.394. The van der Waals surface area contributed by atoms with Crippen molar-refractivity contribution >= 4 is 11.6 Å². The highest BCUT2D eigenvalue weighted by molar-refractivity contribution is 6.12. The van der Waals surface area contributed by atoms with Gasteiger partial charge in [0.15, 0.2) is 0 Å². The minimum Gasteiger partial charge on any atom is -0.497 e. The van der Waals surface area contributed by atoms with Crippen LogP contribution in [0.3, 0.4) is 0 Å². The van der Waals surface area contributed by atoms with Gasteiger partial charge in [-0.05, 0) is 36.4 Å². The summed E-state index contributed by atoms with van der Waals surface area (Å²) in [6.45, 7) is 0. The van der Waals surface area contributed by atoms with Crippen LogP contribution in [-0.4, -0.2) is 23.7 Å². The van der Waals surface area contributed by atoms with Crippen LogP contribution in [-0.2, 0) is 0 Å². The number of aromatic nitrogens is 1. The molecule has 0 atom stereocenters. The van der Waals surface area contributed by atoms with Gasteiger partial charge < -0.3 is 4.74 Å². The zero-order valence-electron chi connectivity index (χ0n) is 13.7. The van der Waals surface area contributed by atoms with Crippen molar-refractivity contribution in [1.29, 1.82) is 0 Å². The van der Waals surface area contributed by atoms with Crippen LogP contribution in [0.2, 0.25) is 0 Å². The number of hydrogen-bond acceptors (Lipinski definition) is 4. The molecule has 0 bridgehead atoms. The lowest BCUT2D eigenvalue weighted by Crippen LogP contribution is -2.21. The fraction of sp³-hybridized carbons (Fsp3) is 0.0500. The molecule has 2 aromatic carbocycles. The number of hydrogen-bond donors (Lipinski definition) is 1. The fourth-order valence-electron chi connectivity index (χ4n) is 2.28. The Morgan fingerprint density at radius 2 is 1.64 bits per heavy atom. The molecule has 1 amide bonds. The largest absolute Gasteiger partial charge is 0.497 e. The summed E-state index contributed by atoms with van der Waals surface area (Å²) >= 11 is 0. The summed E-state index contributed by atoms with van der Waals surface area (Å²) in [7, 11) is 1.58. The number of carbonyl (C=O) groups excluding carboxylic acids is 1. The highest BCUT2D eigenvalue weighted by Crippen LogP contribution is 2.12. The molecule has 0 saturated heterocycles. The number of rotatable bonds is 5. The van der Waals surface area contributed by atoms with Gasteiger partial charge in [-0.3, -0.25) is 9.78 Å². The Labute approximate surface area is 146 Å². The maximum Gasteiger partial charge on any atom is 0.271 e. The summed E-state index contributed by atoms with van der Waals surface area (Å²) in [5.41, 5.74) is 5.26. The van der Waals surface area contributed by atoms with E-state index < -0.39 is 0 Å². The van der Waals surface area contributed by atoms with Crippen molar-refractivity contribution in [3.05, 3.63) is 95.8 Å². The molecular weight excluding hydrogens is 314 g/mol. The molecule has 25 heavy (non-hydrogen) atoms. The molecule has 0 aliphatic heterocycles. The van der Waals surface area contributed by atoms with E-state index in [2.05, 4.69) is 15.5 Å². The van der Waals surface area contributed by atoms with Gasteiger partial charge in [0.25, 0.3) is 5.91 Å². The Kier molecular flexibility index (Phi) is 5.16. The van der Waals surface area contributed by atoms with Gasteiger partial charge in [0.05, 0.1) is 12.8 Å². The van der Waals surface area contributed by atoms with E-state index >= 15 is 0 Å². The number of nitrogens with zero attached hydrogens (tertiary/aromatic N) is 2. The number of amides is 1. The van der Waals surface area contributed by atoms with Gasteiger partial charge in [0.2, 0.25) is 0 Å². The van der Waals surface area contributed by atoms with Gasteiger partial charge in [-0.25, -0.2) is 5.43 Å². The second kappa shape index (κ2) is 7.88. The molecule has 3 rings (SSSR count). The van der Waals surface area contributed by atoms with Crippen molar-refractivity contribution < 1.29 is 9.53 Å². The molecule has 124 valence electrons. The van der Waals surface area contributed by atoms with Gasteiger partial charge >= 0.3 is 0 Å². The van der Waals surface area contributed by atoms with E-state index in [1.54, 1.807) is 37.6 Å². The summed E-state index contributed by atoms with van der Waals surface area (Å²) < 4.78 is 5.10. The Hall–Kier alpha value is -3.47. The second-order valence-corrected chi connectivity index (χ2v) is 5.21. The van der Waals surface area contributed by atoms with Gasteiger partial charge in [-0.1, -0.05) is 36.4 Å². The van der Waals surface area contributed by atoms with Crippen molar-refractivity contribution in [2.45, 2.75) is 0 Å². The molecule has 0 spiro atoms. The molecule has 1 N–H and O–H groups in total. The average Bonchev–Trinajstić information content (AvgIpc) is 2.70. The monoisotopic (exact) mass is 331 g/mol. The molecule has 1 aromatic heterocycles. The molecule has 3 aromatic rings. The molecule has 0 radical (unpaired) electrons. The van der Waals surface area contributed by atoms with E-state index in [-0.39, 0.29) is 5.91 Å². The predicted molar refractivity (Wildman–Crippen MR) is 96.8 cm³/mol. The molecular formula is C20H17N3O2. The smallest absolute Gasteiger partial charge is 0.271 e. The molecule has 0 fully saturated rings. The number of carbonyl (C=O) groups is 1. The van der Waals surface area contributed by atoms with Crippen LogP contribution in [0.15, 0.2) is 84.1 Å². The van der Waals surface area contributed by atoms with E-state index in [1.165, 1.54) is 0 Å². The van der Waals surface area contributed by atoms with Crippen LogP contribution in [0, 0.1) is 0 Å². The van der Waals surface area contributed by atoms with Gasteiger partial charge in [-0.2, -0.15) is 5.10 Å². The minimum absolute atomic E-state index is 0.299. The maximum atomic E-state index is 12.3. The molecule has 0 saturated carbocycles. The Morgan fingerprint density at radius 1 is 0.920 bits per heavy atom. The molecule has 5 heteroatoms. The molecule has 0 aliphatic rings. The third kappa shape index (κ3) is 4.09. The topological polar surface area (TPSA) is 63.6 Å². The molecule has 1 heterocycles. The number of nitrogens with one attached hydrogen (secondary N) is 1. The average molecular weight is 331 g/mol. The van der Waals surface area contributed by atoms with Crippen LogP contribution < -0.4 is 10.2 Å². The van der Waals surface area contributed by atoms with E-state index in [9.17, 15) is 4.79 Å². The molecule has 0 aliphatic carbocycles. The first-order chi connectivity index (χ1) is 12.3. The SMILES string of the molecule is COc1ccc(C(=O)N/N=C(/c2ccccc2)c2ccccn2)cc1. The van der Waals surface area contributed by atoms with Crippen molar-refractivity contribution in [3.63, 3.8) is 0 Å². The Bertz CT molecular complexity index is 819. The number of benzene rings is 2. The van der Waals surface area contributed by atoms with Crippen LogP contribution in [0.4, 0.5) is 0 Å². The standard InChI is InChI=1S/C20H17N3O2/c1-25-17-12-10-16(11-13-17)20(24)23-22-19(15-7-3-2-4-8-15)18-9-5-6-14-21-18/h2-14H,1H3,(H,23,24)/b22-19-. The number of methoxy groups -OCH3 is 1. The van der Waals surface area contributed by atoms with Crippen LogP contribution >= 0.6 is 0 Å². The van der Waals surface area contributed by atoms with Crippen molar-refractivity contribution in [1.82, 2.24) is 10.4 Å². The van der Waals surface area contributed by atoms with E-state index in [0.29, 0.717) is 22.7 Å².